The Bertz CT molecular complexity index is 503. The van der Waals surface area contributed by atoms with Gasteiger partial charge in [-0.2, -0.15) is 0 Å². The van der Waals surface area contributed by atoms with E-state index in [-0.39, 0.29) is 23.0 Å². The lowest BCUT2D eigenvalue weighted by atomic mass is 10.2. The quantitative estimate of drug-likeness (QED) is 0.396. The molecule has 0 atom stereocenters. The Labute approximate surface area is 105 Å². The lowest BCUT2D eigenvalue weighted by molar-refractivity contribution is -0.688. The molecule has 0 aliphatic rings. The minimum atomic E-state index is -0.376. The summed E-state index contributed by atoms with van der Waals surface area (Å²) in [6.45, 7) is 0.641. The third kappa shape index (κ3) is 3.53. The molecular weight excluding hydrogens is 240 g/mol. The van der Waals surface area contributed by atoms with Crippen molar-refractivity contribution >= 4 is 5.69 Å². The van der Waals surface area contributed by atoms with Crippen LogP contribution >= 0.6 is 0 Å². The Morgan fingerprint density at radius 2 is 1.82 bits per heavy atom. The van der Waals surface area contributed by atoms with E-state index in [9.17, 15) is 10.1 Å². The number of benzene rings is 1. The summed E-state index contributed by atoms with van der Waals surface area (Å²) in [5.41, 5.74) is 1.06. The molecule has 0 bridgehead atoms. The van der Waals surface area contributed by atoms with Gasteiger partial charge in [-0.15, -0.1) is 0 Å². The van der Waals surface area contributed by atoms with Crippen molar-refractivity contribution in [3.05, 3.63) is 70.5 Å². The van der Waals surface area contributed by atoms with Gasteiger partial charge in [0.1, 0.15) is 0 Å². The molecule has 0 amide bonds. The molecule has 0 saturated carbocycles. The number of nitrogens with zero attached hydrogens (tertiary/aromatic N) is 2. The molecule has 2 aromatic rings. The van der Waals surface area contributed by atoms with Crippen LogP contribution < -0.4 is 17.0 Å². The number of pyridine rings is 1. The third-order valence-electron chi connectivity index (χ3n) is 2.26. The highest BCUT2D eigenvalue weighted by molar-refractivity contribution is 5.33. The van der Waals surface area contributed by atoms with E-state index in [1.54, 1.807) is 12.1 Å². The van der Waals surface area contributed by atoms with Gasteiger partial charge < -0.3 is 12.4 Å². The standard InChI is InChI=1S/C12H11N2O2.ClH/c15-14(16)12-6-4-5-11(9-12)10-13-7-2-1-3-8-13;/h1-9H,10H2;1H/q+1;/p-1. The van der Waals surface area contributed by atoms with E-state index in [1.807, 2.05) is 41.2 Å². The van der Waals surface area contributed by atoms with Gasteiger partial charge in [-0.25, -0.2) is 4.57 Å². The molecule has 1 heterocycles. The zero-order valence-electron chi connectivity index (χ0n) is 8.99. The molecule has 0 aliphatic carbocycles. The molecule has 5 heteroatoms. The summed E-state index contributed by atoms with van der Waals surface area (Å²) < 4.78 is 1.97. The maximum absolute atomic E-state index is 10.6. The zero-order valence-corrected chi connectivity index (χ0v) is 9.75. The fourth-order valence-corrected chi connectivity index (χ4v) is 1.52. The largest absolute Gasteiger partial charge is 1.00 e. The Morgan fingerprint density at radius 1 is 1.12 bits per heavy atom. The van der Waals surface area contributed by atoms with Crippen molar-refractivity contribution in [2.75, 3.05) is 0 Å². The van der Waals surface area contributed by atoms with Gasteiger partial charge in [0, 0.05) is 29.8 Å². The minimum Gasteiger partial charge on any atom is -1.00 e. The zero-order chi connectivity index (χ0) is 11.4. The number of hydrogen-bond donors (Lipinski definition) is 0. The molecular formula is C12H11ClN2O2. The summed E-state index contributed by atoms with van der Waals surface area (Å²) in [5.74, 6) is 0. The third-order valence-corrected chi connectivity index (χ3v) is 2.26. The molecule has 0 saturated heterocycles. The van der Waals surface area contributed by atoms with Crippen LogP contribution in [0, 0.1) is 10.1 Å². The van der Waals surface area contributed by atoms with E-state index in [0.29, 0.717) is 6.54 Å². The van der Waals surface area contributed by atoms with Crippen molar-refractivity contribution in [2.45, 2.75) is 6.54 Å². The maximum atomic E-state index is 10.6. The van der Waals surface area contributed by atoms with E-state index in [4.69, 9.17) is 0 Å². The molecule has 0 fully saturated rings. The number of rotatable bonds is 3. The first-order valence-corrected chi connectivity index (χ1v) is 4.93. The summed E-state index contributed by atoms with van der Waals surface area (Å²) in [4.78, 5) is 10.2. The Balaban J connectivity index is 0.00000144. The highest BCUT2D eigenvalue weighted by atomic mass is 35.5. The van der Waals surface area contributed by atoms with Gasteiger partial charge in [0.05, 0.1) is 4.92 Å². The van der Waals surface area contributed by atoms with Gasteiger partial charge in [-0.05, 0) is 0 Å². The lowest BCUT2D eigenvalue weighted by Crippen LogP contribution is -3.00. The number of aromatic nitrogens is 1. The van der Waals surface area contributed by atoms with Crippen molar-refractivity contribution in [1.29, 1.82) is 0 Å². The van der Waals surface area contributed by atoms with E-state index in [0.717, 1.165) is 5.56 Å². The first-order valence-electron chi connectivity index (χ1n) is 4.93. The van der Waals surface area contributed by atoms with E-state index in [2.05, 4.69) is 0 Å². The second-order valence-corrected chi connectivity index (χ2v) is 3.47. The monoisotopic (exact) mass is 250 g/mol. The molecule has 1 aromatic heterocycles. The molecule has 0 spiro atoms. The van der Waals surface area contributed by atoms with Gasteiger partial charge >= 0.3 is 0 Å². The van der Waals surface area contributed by atoms with Crippen LogP contribution in [0.25, 0.3) is 0 Å². The Hall–Kier alpha value is -1.94. The molecule has 88 valence electrons. The van der Waals surface area contributed by atoms with Gasteiger partial charge in [0.15, 0.2) is 18.9 Å². The average Bonchev–Trinajstić information content (AvgIpc) is 2.30. The van der Waals surface area contributed by atoms with Crippen LogP contribution in [-0.2, 0) is 6.54 Å². The Kier molecular flexibility index (Phi) is 4.60. The molecule has 0 N–H and O–H groups in total. The smallest absolute Gasteiger partial charge is 0.269 e. The highest BCUT2D eigenvalue weighted by Gasteiger charge is 2.08. The molecule has 0 radical (unpaired) electrons. The number of halogens is 1. The van der Waals surface area contributed by atoms with Crippen LogP contribution in [0.5, 0.6) is 0 Å². The van der Waals surface area contributed by atoms with Gasteiger partial charge in [0.2, 0.25) is 0 Å². The summed E-state index contributed by atoms with van der Waals surface area (Å²) in [6, 6.07) is 12.5. The van der Waals surface area contributed by atoms with Crippen LogP contribution in [0.4, 0.5) is 5.69 Å². The average molecular weight is 251 g/mol. The lowest BCUT2D eigenvalue weighted by Gasteiger charge is -1.97. The summed E-state index contributed by atoms with van der Waals surface area (Å²) >= 11 is 0. The van der Waals surface area contributed by atoms with E-state index in [1.165, 1.54) is 6.07 Å². The molecule has 2 rings (SSSR count). The predicted molar refractivity (Wildman–Crippen MR) is 58.8 cm³/mol. The van der Waals surface area contributed by atoms with Crippen molar-refractivity contribution in [3.8, 4) is 0 Å². The topological polar surface area (TPSA) is 47.0 Å². The molecule has 0 aliphatic heterocycles. The number of nitro benzene ring substituents is 1. The summed E-state index contributed by atoms with van der Waals surface area (Å²) in [5, 5.41) is 10.6. The number of non-ortho nitro benzene ring substituents is 1. The first-order chi connectivity index (χ1) is 7.75. The summed E-state index contributed by atoms with van der Waals surface area (Å²) in [6.07, 6.45) is 3.86. The fraction of sp³-hybridized carbons (Fsp3) is 0.0833. The van der Waals surface area contributed by atoms with E-state index >= 15 is 0 Å². The molecule has 0 unspecified atom stereocenters. The van der Waals surface area contributed by atoms with Gasteiger partial charge in [0.25, 0.3) is 5.69 Å². The van der Waals surface area contributed by atoms with E-state index < -0.39 is 0 Å². The predicted octanol–water partition coefficient (Wildman–Crippen LogP) is -1.07. The molecule has 4 nitrogen and oxygen atoms in total. The van der Waals surface area contributed by atoms with Crippen molar-refractivity contribution in [3.63, 3.8) is 0 Å². The van der Waals surface area contributed by atoms with Crippen molar-refractivity contribution < 1.29 is 21.9 Å². The van der Waals surface area contributed by atoms with Crippen molar-refractivity contribution in [1.82, 2.24) is 0 Å². The van der Waals surface area contributed by atoms with Crippen LogP contribution in [0.15, 0.2) is 54.9 Å². The Morgan fingerprint density at radius 3 is 2.47 bits per heavy atom. The molecule has 17 heavy (non-hydrogen) atoms. The van der Waals surface area contributed by atoms with Gasteiger partial charge in [-0.3, -0.25) is 10.1 Å². The minimum absolute atomic E-state index is 0. The van der Waals surface area contributed by atoms with Crippen LogP contribution in [0.2, 0.25) is 0 Å². The number of nitro groups is 1. The first kappa shape index (κ1) is 13.1. The van der Waals surface area contributed by atoms with Crippen LogP contribution in [0.3, 0.4) is 0 Å². The second kappa shape index (κ2) is 5.96. The maximum Gasteiger partial charge on any atom is 0.269 e. The van der Waals surface area contributed by atoms with Gasteiger partial charge in [-0.1, -0.05) is 18.2 Å². The second-order valence-electron chi connectivity index (χ2n) is 3.47. The highest BCUT2D eigenvalue weighted by Crippen LogP contribution is 2.12. The van der Waals surface area contributed by atoms with Crippen LogP contribution in [-0.4, -0.2) is 4.92 Å². The number of hydrogen-bond acceptors (Lipinski definition) is 2. The normalized spacial score (nSPS) is 9.41. The summed E-state index contributed by atoms with van der Waals surface area (Å²) in [7, 11) is 0. The SMILES string of the molecule is O=[N+]([O-])c1cccc(C[n+]2ccccc2)c1.[Cl-]. The molecule has 1 aromatic carbocycles. The van der Waals surface area contributed by atoms with Crippen LogP contribution in [0.1, 0.15) is 5.56 Å². The van der Waals surface area contributed by atoms with Crippen molar-refractivity contribution in [2.24, 2.45) is 0 Å². The fourth-order valence-electron chi connectivity index (χ4n) is 1.52.